The molecule has 0 N–H and O–H groups in total. The summed E-state index contributed by atoms with van der Waals surface area (Å²) in [6.07, 6.45) is 10.0. The van der Waals surface area contributed by atoms with Crippen molar-refractivity contribution in [3.8, 4) is 0 Å². The van der Waals surface area contributed by atoms with E-state index in [2.05, 4.69) is 0 Å². The molecular formula is C14H22O5V. The molecule has 2 rings (SSSR count). The molecule has 5 nitrogen and oxygen atoms in total. The minimum absolute atomic E-state index is 0.140. The standard InChI is InChI=1S/2C7H12O2.O.V/c2*8-7(9)6-4-2-1-3-5-6;;/h2*6H,1-5H2,(H,8,9);;/q;;;+2/p-2. The molecule has 0 aliphatic heterocycles. The van der Waals surface area contributed by atoms with E-state index in [1.807, 2.05) is 0 Å². The van der Waals surface area contributed by atoms with Crippen molar-refractivity contribution in [2.24, 2.45) is 11.8 Å². The minimum atomic E-state index is -0.852. The summed E-state index contributed by atoms with van der Waals surface area (Å²) in [5, 5.41) is 20.5. The van der Waals surface area contributed by atoms with Crippen LogP contribution in [-0.4, -0.2) is 11.9 Å². The molecule has 2 aliphatic rings. The average Bonchev–Trinajstić information content (AvgIpc) is 2.51. The van der Waals surface area contributed by atoms with Crippen LogP contribution in [0.1, 0.15) is 64.2 Å². The first-order chi connectivity index (χ1) is 9.61. The third kappa shape index (κ3) is 8.49. The van der Waals surface area contributed by atoms with E-state index in [4.69, 9.17) is 3.67 Å². The summed E-state index contributed by atoms with van der Waals surface area (Å²) in [5.41, 5.74) is 0. The number of carboxylic acids is 2. The van der Waals surface area contributed by atoms with Gasteiger partial charge in [0.25, 0.3) is 0 Å². The molecule has 20 heavy (non-hydrogen) atoms. The topological polar surface area (TPSA) is 97.3 Å². The van der Waals surface area contributed by atoms with Crippen LogP contribution >= 0.6 is 0 Å². The zero-order chi connectivity index (χ0) is 15.4. The zero-order valence-corrected chi connectivity index (χ0v) is 13.1. The molecule has 0 bridgehead atoms. The van der Waals surface area contributed by atoms with Crippen molar-refractivity contribution in [1.29, 1.82) is 0 Å². The van der Waals surface area contributed by atoms with E-state index in [-0.39, 0.29) is 11.8 Å². The molecule has 0 radical (unpaired) electrons. The summed E-state index contributed by atoms with van der Waals surface area (Å²) in [6.45, 7) is 0. The molecule has 0 aromatic carbocycles. The van der Waals surface area contributed by atoms with Crippen LogP contribution in [0.3, 0.4) is 0 Å². The van der Waals surface area contributed by atoms with Gasteiger partial charge in [-0.2, -0.15) is 0 Å². The van der Waals surface area contributed by atoms with Crippen LogP contribution in [0.5, 0.6) is 0 Å². The van der Waals surface area contributed by atoms with E-state index < -0.39 is 11.9 Å². The van der Waals surface area contributed by atoms with Gasteiger partial charge < -0.3 is 19.8 Å². The molecule has 2 aliphatic carbocycles. The first-order valence-corrected chi connectivity index (χ1v) is 7.78. The number of carboxylic acid groups (broad SMARTS) is 2. The van der Waals surface area contributed by atoms with Gasteiger partial charge in [-0.3, -0.25) is 0 Å². The van der Waals surface area contributed by atoms with Crippen molar-refractivity contribution in [2.45, 2.75) is 64.2 Å². The predicted molar refractivity (Wildman–Crippen MR) is 63.9 cm³/mol. The summed E-state index contributed by atoms with van der Waals surface area (Å²) in [4.78, 5) is 20.5. The molecule has 0 saturated heterocycles. The maximum atomic E-state index is 10.2. The molecule has 113 valence electrons. The van der Waals surface area contributed by atoms with Gasteiger partial charge in [0.15, 0.2) is 0 Å². The third-order valence-electron chi connectivity index (χ3n) is 3.88. The summed E-state index contributed by atoms with van der Waals surface area (Å²) in [6, 6.07) is 0. The molecule has 0 aromatic heterocycles. The first-order valence-electron chi connectivity index (χ1n) is 7.21. The van der Waals surface area contributed by atoms with Crippen molar-refractivity contribution in [1.82, 2.24) is 0 Å². The Bertz CT molecular complexity index is 255. The molecular weight excluding hydrogens is 299 g/mol. The Morgan fingerprint density at radius 3 is 1.05 bits per heavy atom. The molecule has 2 fully saturated rings. The molecule has 6 heteroatoms. The van der Waals surface area contributed by atoms with E-state index in [1.165, 1.54) is 12.8 Å². The van der Waals surface area contributed by atoms with Crippen molar-refractivity contribution < 1.29 is 40.8 Å². The average molecular weight is 321 g/mol. The second kappa shape index (κ2) is 12.1. The van der Waals surface area contributed by atoms with Gasteiger partial charge in [-0.15, -0.1) is 0 Å². The Morgan fingerprint density at radius 2 is 0.900 bits per heavy atom. The van der Waals surface area contributed by atoms with Crippen LogP contribution in [0.4, 0.5) is 0 Å². The normalized spacial score (nSPS) is 19.9. The number of hydrogen-bond donors (Lipinski definition) is 0. The second-order valence-corrected chi connectivity index (χ2v) is 5.31. The fourth-order valence-electron chi connectivity index (χ4n) is 2.68. The van der Waals surface area contributed by atoms with Crippen LogP contribution in [-0.2, 0) is 30.6 Å². The van der Waals surface area contributed by atoms with E-state index in [9.17, 15) is 19.8 Å². The SMILES string of the molecule is O=C([O-])C1CCCCC1.O=C([O-])C1CCCCC1.[O]=[V+2]. The molecule has 0 amide bonds. The zero-order valence-electron chi connectivity index (χ0n) is 11.7. The Labute approximate surface area is 129 Å². The number of aliphatic carboxylic acids is 2. The van der Waals surface area contributed by atoms with Crippen LogP contribution in [0, 0.1) is 11.8 Å². The van der Waals surface area contributed by atoms with Crippen molar-refractivity contribution in [3.05, 3.63) is 0 Å². The Balaban J connectivity index is 0.000000321. The maximum absolute atomic E-state index is 10.2. The molecule has 0 heterocycles. The second-order valence-electron chi connectivity index (χ2n) is 5.31. The van der Waals surface area contributed by atoms with E-state index in [1.54, 1.807) is 0 Å². The van der Waals surface area contributed by atoms with Gasteiger partial charge in [-0.25, -0.2) is 0 Å². The molecule has 0 atom stereocenters. The van der Waals surface area contributed by atoms with E-state index in [0.717, 1.165) is 68.7 Å². The number of rotatable bonds is 2. The van der Waals surface area contributed by atoms with Gasteiger partial charge in [-0.05, 0) is 37.5 Å². The van der Waals surface area contributed by atoms with Crippen molar-refractivity contribution >= 4 is 11.9 Å². The third-order valence-corrected chi connectivity index (χ3v) is 3.88. The van der Waals surface area contributed by atoms with Crippen molar-refractivity contribution in [2.75, 3.05) is 0 Å². The number of carbonyl (C=O) groups excluding carboxylic acids is 2. The fraction of sp³-hybridized carbons (Fsp3) is 0.857. The summed E-state index contributed by atoms with van der Waals surface area (Å²) < 4.78 is 8.19. The molecule has 0 unspecified atom stereocenters. The van der Waals surface area contributed by atoms with Crippen LogP contribution < -0.4 is 10.2 Å². The van der Waals surface area contributed by atoms with E-state index in [0.29, 0.717) is 0 Å². The number of carbonyl (C=O) groups is 2. The van der Waals surface area contributed by atoms with Crippen LogP contribution in [0.25, 0.3) is 0 Å². The monoisotopic (exact) mass is 321 g/mol. The predicted octanol–water partition coefficient (Wildman–Crippen LogP) is 0.512. The van der Waals surface area contributed by atoms with Gasteiger partial charge in [0.1, 0.15) is 0 Å². The quantitative estimate of drug-likeness (QED) is 0.738. The van der Waals surface area contributed by atoms with Crippen LogP contribution in [0.15, 0.2) is 0 Å². The number of hydrogen-bond acceptors (Lipinski definition) is 5. The summed E-state index contributed by atoms with van der Waals surface area (Å²) >= 11 is 1.06. The molecule has 2 saturated carbocycles. The first kappa shape index (κ1) is 19.3. The van der Waals surface area contributed by atoms with Crippen LogP contribution in [0.2, 0.25) is 0 Å². The van der Waals surface area contributed by atoms with Crippen molar-refractivity contribution in [3.63, 3.8) is 0 Å². The van der Waals surface area contributed by atoms with Gasteiger partial charge in [0.2, 0.25) is 0 Å². The fourth-order valence-corrected chi connectivity index (χ4v) is 2.68. The van der Waals surface area contributed by atoms with Gasteiger partial charge in [0, 0.05) is 11.9 Å². The van der Waals surface area contributed by atoms with Gasteiger partial charge in [-0.1, -0.05) is 38.5 Å². The Kier molecular flexibility index (Phi) is 11.7. The molecule has 0 aromatic rings. The Hall–Kier alpha value is -0.676. The Morgan fingerprint density at radius 1 is 0.650 bits per heavy atom. The van der Waals surface area contributed by atoms with Gasteiger partial charge >= 0.3 is 21.0 Å². The van der Waals surface area contributed by atoms with Gasteiger partial charge in [0.05, 0.1) is 0 Å². The van der Waals surface area contributed by atoms with E-state index >= 15 is 0 Å². The molecule has 0 spiro atoms. The summed E-state index contributed by atoms with van der Waals surface area (Å²) in [7, 11) is 0. The summed E-state index contributed by atoms with van der Waals surface area (Å²) in [5.74, 6) is -1.98.